The minimum atomic E-state index is -0.269. The molecular formula is C11H6Cl2N2O. The number of carbonyl (C=O) groups is 1. The maximum Gasteiger partial charge on any atom is 0.214 e. The number of hydrogen-bond donors (Lipinski definition) is 0. The number of hydrogen-bond acceptors (Lipinski definition) is 3. The lowest BCUT2D eigenvalue weighted by atomic mass is 10.1. The molecule has 0 fully saturated rings. The summed E-state index contributed by atoms with van der Waals surface area (Å²) in [6.07, 6.45) is 4.44. The van der Waals surface area contributed by atoms with Crippen LogP contribution in [0.3, 0.4) is 0 Å². The Kier molecular flexibility index (Phi) is 3.17. The molecule has 2 aromatic rings. The van der Waals surface area contributed by atoms with Crippen molar-refractivity contribution >= 4 is 29.0 Å². The van der Waals surface area contributed by atoms with Crippen LogP contribution >= 0.6 is 23.2 Å². The van der Waals surface area contributed by atoms with Gasteiger partial charge in [-0.05, 0) is 18.2 Å². The van der Waals surface area contributed by atoms with E-state index in [-0.39, 0.29) is 16.5 Å². The van der Waals surface area contributed by atoms with E-state index in [9.17, 15) is 4.79 Å². The van der Waals surface area contributed by atoms with Crippen molar-refractivity contribution in [2.45, 2.75) is 0 Å². The Morgan fingerprint density at radius 2 is 2.06 bits per heavy atom. The van der Waals surface area contributed by atoms with Crippen molar-refractivity contribution in [2.24, 2.45) is 0 Å². The minimum Gasteiger partial charge on any atom is -0.287 e. The summed E-state index contributed by atoms with van der Waals surface area (Å²) in [5.74, 6) is -0.269. The number of nitrogens with zero attached hydrogens (tertiary/aromatic N) is 2. The highest BCUT2D eigenvalue weighted by Gasteiger charge is 2.14. The van der Waals surface area contributed by atoms with Gasteiger partial charge in [-0.25, -0.2) is 4.98 Å². The van der Waals surface area contributed by atoms with Gasteiger partial charge < -0.3 is 0 Å². The quantitative estimate of drug-likeness (QED) is 0.772. The molecule has 5 heteroatoms. The molecule has 0 aromatic carbocycles. The van der Waals surface area contributed by atoms with Gasteiger partial charge in [-0.3, -0.25) is 9.78 Å². The van der Waals surface area contributed by atoms with E-state index in [1.807, 2.05) is 0 Å². The van der Waals surface area contributed by atoms with Crippen LogP contribution in [0, 0.1) is 0 Å². The zero-order valence-corrected chi connectivity index (χ0v) is 9.53. The number of rotatable bonds is 2. The molecule has 0 unspecified atom stereocenters. The molecule has 2 rings (SSSR count). The summed E-state index contributed by atoms with van der Waals surface area (Å²) in [6, 6.07) is 4.82. The maximum atomic E-state index is 11.9. The van der Waals surface area contributed by atoms with Crippen LogP contribution < -0.4 is 0 Å². The topological polar surface area (TPSA) is 42.9 Å². The summed E-state index contributed by atoms with van der Waals surface area (Å²) >= 11 is 11.6. The first kappa shape index (κ1) is 11.0. The highest BCUT2D eigenvalue weighted by Crippen LogP contribution is 2.20. The SMILES string of the molecule is O=C(c1cccnc1)c1ncc(Cl)cc1Cl. The van der Waals surface area contributed by atoms with Crippen LogP contribution in [0.15, 0.2) is 36.8 Å². The second-order valence-electron chi connectivity index (χ2n) is 3.05. The van der Waals surface area contributed by atoms with E-state index in [1.165, 1.54) is 18.5 Å². The summed E-state index contributed by atoms with van der Waals surface area (Å²) in [5, 5.41) is 0.633. The van der Waals surface area contributed by atoms with E-state index in [1.54, 1.807) is 18.3 Å². The predicted molar refractivity (Wildman–Crippen MR) is 61.9 cm³/mol. The molecule has 0 spiro atoms. The second-order valence-corrected chi connectivity index (χ2v) is 3.90. The average molecular weight is 253 g/mol. The average Bonchev–Trinajstić information content (AvgIpc) is 2.29. The van der Waals surface area contributed by atoms with Gasteiger partial charge in [-0.15, -0.1) is 0 Å². The molecule has 0 saturated carbocycles. The molecule has 0 aliphatic rings. The van der Waals surface area contributed by atoms with Crippen molar-refractivity contribution in [2.75, 3.05) is 0 Å². The van der Waals surface area contributed by atoms with Crippen LogP contribution in [0.4, 0.5) is 0 Å². The molecule has 2 heterocycles. The molecule has 0 N–H and O–H groups in total. The van der Waals surface area contributed by atoms with Gasteiger partial charge in [0.2, 0.25) is 5.78 Å². The van der Waals surface area contributed by atoms with Crippen molar-refractivity contribution < 1.29 is 4.79 Å². The summed E-state index contributed by atoms with van der Waals surface area (Å²) in [4.78, 5) is 19.7. The summed E-state index contributed by atoms with van der Waals surface area (Å²) in [5.41, 5.74) is 0.623. The van der Waals surface area contributed by atoms with Crippen LogP contribution in [0.1, 0.15) is 16.1 Å². The van der Waals surface area contributed by atoms with Gasteiger partial charge in [0.15, 0.2) is 0 Å². The first-order valence-electron chi connectivity index (χ1n) is 4.44. The van der Waals surface area contributed by atoms with Crippen molar-refractivity contribution in [1.82, 2.24) is 9.97 Å². The minimum absolute atomic E-state index is 0.180. The molecule has 0 aliphatic carbocycles. The number of halogens is 2. The molecule has 0 atom stereocenters. The monoisotopic (exact) mass is 252 g/mol. The number of carbonyl (C=O) groups excluding carboxylic acids is 1. The van der Waals surface area contributed by atoms with Gasteiger partial charge in [0.1, 0.15) is 5.69 Å². The normalized spacial score (nSPS) is 10.1. The second kappa shape index (κ2) is 4.60. The molecule has 0 radical (unpaired) electrons. The van der Waals surface area contributed by atoms with Crippen molar-refractivity contribution in [3.8, 4) is 0 Å². The highest BCUT2D eigenvalue weighted by molar-refractivity contribution is 6.37. The van der Waals surface area contributed by atoms with E-state index in [0.29, 0.717) is 10.6 Å². The Morgan fingerprint density at radius 3 is 2.69 bits per heavy atom. The summed E-state index contributed by atoms with van der Waals surface area (Å²) in [7, 11) is 0. The highest BCUT2D eigenvalue weighted by atomic mass is 35.5. The Morgan fingerprint density at radius 1 is 1.25 bits per heavy atom. The lowest BCUT2D eigenvalue weighted by Gasteiger charge is -2.02. The maximum absolute atomic E-state index is 11.9. The molecular weight excluding hydrogens is 247 g/mol. The zero-order chi connectivity index (χ0) is 11.5. The molecule has 0 aliphatic heterocycles. The fraction of sp³-hybridized carbons (Fsp3) is 0. The van der Waals surface area contributed by atoms with E-state index >= 15 is 0 Å². The van der Waals surface area contributed by atoms with Crippen LogP contribution in [0.2, 0.25) is 10.0 Å². The molecule has 2 aromatic heterocycles. The third kappa shape index (κ3) is 2.21. The van der Waals surface area contributed by atoms with Crippen LogP contribution in [0.25, 0.3) is 0 Å². The fourth-order valence-corrected chi connectivity index (χ4v) is 1.68. The van der Waals surface area contributed by atoms with Gasteiger partial charge in [-0.1, -0.05) is 23.2 Å². The van der Waals surface area contributed by atoms with E-state index in [2.05, 4.69) is 9.97 Å². The first-order valence-corrected chi connectivity index (χ1v) is 5.20. The summed E-state index contributed by atoms with van der Waals surface area (Å²) in [6.45, 7) is 0. The number of aromatic nitrogens is 2. The summed E-state index contributed by atoms with van der Waals surface area (Å²) < 4.78 is 0. The van der Waals surface area contributed by atoms with Crippen LogP contribution in [0.5, 0.6) is 0 Å². The number of ketones is 1. The molecule has 0 amide bonds. The third-order valence-electron chi connectivity index (χ3n) is 1.95. The molecule has 0 bridgehead atoms. The van der Waals surface area contributed by atoms with Crippen molar-refractivity contribution in [3.63, 3.8) is 0 Å². The van der Waals surface area contributed by atoms with Gasteiger partial charge in [0.05, 0.1) is 10.0 Å². The lowest BCUT2D eigenvalue weighted by molar-refractivity contribution is 0.103. The zero-order valence-electron chi connectivity index (χ0n) is 8.02. The van der Waals surface area contributed by atoms with Crippen LogP contribution in [-0.4, -0.2) is 15.8 Å². The Balaban J connectivity index is 2.42. The Bertz CT molecular complexity index is 529. The largest absolute Gasteiger partial charge is 0.287 e. The first-order chi connectivity index (χ1) is 7.68. The Labute approximate surface area is 102 Å². The smallest absolute Gasteiger partial charge is 0.214 e. The van der Waals surface area contributed by atoms with Gasteiger partial charge >= 0.3 is 0 Å². The van der Waals surface area contributed by atoms with E-state index in [4.69, 9.17) is 23.2 Å². The van der Waals surface area contributed by atoms with E-state index < -0.39 is 0 Å². The molecule has 16 heavy (non-hydrogen) atoms. The van der Waals surface area contributed by atoms with Gasteiger partial charge in [0, 0.05) is 24.2 Å². The fourth-order valence-electron chi connectivity index (χ4n) is 1.22. The van der Waals surface area contributed by atoms with E-state index in [0.717, 1.165) is 0 Å². The standard InChI is InChI=1S/C11H6Cl2N2O/c12-8-4-9(13)10(15-6-8)11(16)7-2-1-3-14-5-7/h1-6H. The molecule has 0 saturated heterocycles. The van der Waals surface area contributed by atoms with Crippen molar-refractivity contribution in [3.05, 3.63) is 58.1 Å². The molecule has 80 valence electrons. The lowest BCUT2D eigenvalue weighted by Crippen LogP contribution is -2.05. The van der Waals surface area contributed by atoms with Gasteiger partial charge in [0.25, 0.3) is 0 Å². The van der Waals surface area contributed by atoms with Crippen LogP contribution in [-0.2, 0) is 0 Å². The van der Waals surface area contributed by atoms with Gasteiger partial charge in [-0.2, -0.15) is 0 Å². The molecule has 3 nitrogen and oxygen atoms in total. The predicted octanol–water partition coefficient (Wildman–Crippen LogP) is 3.01. The Hall–Kier alpha value is -1.45. The number of pyridine rings is 2. The third-order valence-corrected chi connectivity index (χ3v) is 2.44. The van der Waals surface area contributed by atoms with Crippen molar-refractivity contribution in [1.29, 1.82) is 0 Å².